The maximum Gasteiger partial charge on any atom is 0.182 e. The van der Waals surface area contributed by atoms with Crippen LogP contribution in [0, 0.1) is 5.92 Å². The summed E-state index contributed by atoms with van der Waals surface area (Å²) in [4.78, 5) is 9.67. The summed E-state index contributed by atoms with van der Waals surface area (Å²) in [5, 5.41) is 0. The van der Waals surface area contributed by atoms with Crippen molar-refractivity contribution in [2.45, 2.75) is 44.8 Å². The predicted octanol–water partition coefficient (Wildman–Crippen LogP) is 2.93. The summed E-state index contributed by atoms with van der Waals surface area (Å²) in [6, 6.07) is 1.07. The van der Waals surface area contributed by atoms with Gasteiger partial charge in [0, 0.05) is 0 Å². The van der Waals surface area contributed by atoms with Crippen molar-refractivity contribution in [3.63, 3.8) is 0 Å². The Kier molecular flexibility index (Phi) is 3.53. The molecule has 0 spiro atoms. The lowest BCUT2D eigenvalue weighted by molar-refractivity contribution is 0.447. The van der Waals surface area contributed by atoms with Crippen molar-refractivity contribution in [3.8, 4) is 0 Å². The molecule has 1 aliphatic carbocycles. The number of hydrogen-bond acceptors (Lipinski definition) is 1. The van der Waals surface area contributed by atoms with Gasteiger partial charge in [-0.15, -0.1) is 0 Å². The molecule has 0 heterocycles. The van der Waals surface area contributed by atoms with Crippen LogP contribution >= 0.6 is 0 Å². The van der Waals surface area contributed by atoms with E-state index in [9.17, 15) is 4.80 Å². The van der Waals surface area contributed by atoms with E-state index >= 15 is 0 Å². The molecule has 0 saturated carbocycles. The smallest absolute Gasteiger partial charge is 0.182 e. The van der Waals surface area contributed by atoms with Crippen LogP contribution in [0.15, 0.2) is 12.2 Å². The van der Waals surface area contributed by atoms with Gasteiger partial charge in [0.15, 0.2) is 8.32 Å². The molecule has 1 rings (SSSR count). The van der Waals surface area contributed by atoms with Crippen LogP contribution in [0.3, 0.4) is 0 Å². The topological polar surface area (TPSA) is 20.2 Å². The van der Waals surface area contributed by atoms with Gasteiger partial charge in [-0.05, 0) is 44.3 Å². The monoisotopic (exact) mass is 184 g/mol. The third kappa shape index (κ3) is 4.07. The van der Waals surface area contributed by atoms with Crippen LogP contribution < -0.4 is 0 Å². The van der Waals surface area contributed by atoms with Crippen molar-refractivity contribution in [2.24, 2.45) is 5.92 Å². The molecule has 1 unspecified atom stereocenters. The van der Waals surface area contributed by atoms with Gasteiger partial charge in [0.1, 0.15) is 0 Å². The van der Waals surface area contributed by atoms with E-state index in [1.807, 2.05) is 13.1 Å². The molecule has 0 amide bonds. The van der Waals surface area contributed by atoms with Crippen LogP contribution in [0.2, 0.25) is 19.1 Å². The second kappa shape index (κ2) is 4.24. The zero-order valence-electron chi connectivity index (χ0n) is 8.21. The van der Waals surface area contributed by atoms with Crippen LogP contribution in [0.1, 0.15) is 25.7 Å². The maximum absolute atomic E-state index is 9.67. The first-order valence-corrected chi connectivity index (χ1v) is 8.11. The first-order chi connectivity index (χ1) is 5.58. The second-order valence-corrected chi connectivity index (χ2v) is 8.63. The number of allylic oxidation sites excluding steroid dienone is 2. The molecule has 1 nitrogen and oxygen atoms in total. The molecule has 70 valence electrons. The normalized spacial score (nSPS) is 24.4. The zero-order chi connectivity index (χ0) is 9.03. The fourth-order valence-corrected chi connectivity index (χ4v) is 2.79. The Morgan fingerprint density at radius 3 is 2.67 bits per heavy atom. The van der Waals surface area contributed by atoms with E-state index < -0.39 is 8.32 Å². The Morgan fingerprint density at radius 2 is 2.17 bits per heavy atom. The van der Waals surface area contributed by atoms with Gasteiger partial charge < -0.3 is 4.80 Å². The van der Waals surface area contributed by atoms with Gasteiger partial charge >= 0.3 is 0 Å². The fourth-order valence-electron chi connectivity index (χ4n) is 1.68. The molecular weight excluding hydrogens is 164 g/mol. The Morgan fingerprint density at radius 1 is 1.42 bits per heavy atom. The van der Waals surface area contributed by atoms with Crippen molar-refractivity contribution in [1.82, 2.24) is 0 Å². The van der Waals surface area contributed by atoms with Crippen LogP contribution in [0.5, 0.6) is 0 Å². The molecule has 0 aromatic carbocycles. The lowest BCUT2D eigenvalue weighted by Crippen LogP contribution is -2.25. The largest absolute Gasteiger partial charge is 0.432 e. The summed E-state index contributed by atoms with van der Waals surface area (Å²) in [6.45, 7) is 4.07. The lowest BCUT2D eigenvalue weighted by atomic mass is 9.92. The predicted molar refractivity (Wildman–Crippen MR) is 55.6 cm³/mol. The summed E-state index contributed by atoms with van der Waals surface area (Å²) < 4.78 is 0. The van der Waals surface area contributed by atoms with Crippen LogP contribution in [0.4, 0.5) is 0 Å². The Labute approximate surface area is 76.6 Å². The van der Waals surface area contributed by atoms with Crippen molar-refractivity contribution in [2.75, 3.05) is 0 Å². The first kappa shape index (κ1) is 10.0. The highest BCUT2D eigenvalue weighted by Gasteiger charge is 2.19. The van der Waals surface area contributed by atoms with E-state index in [0.29, 0.717) is 0 Å². The summed E-state index contributed by atoms with van der Waals surface area (Å²) in [7, 11) is -1.77. The average Bonchev–Trinajstić information content (AvgIpc) is 2.02. The Bertz CT molecular complexity index is 158. The van der Waals surface area contributed by atoms with Gasteiger partial charge in [-0.3, -0.25) is 0 Å². The molecular formula is C10H20OSi. The minimum Gasteiger partial charge on any atom is -0.432 e. The lowest BCUT2D eigenvalue weighted by Gasteiger charge is -2.21. The first-order valence-electron chi connectivity index (χ1n) is 4.95. The van der Waals surface area contributed by atoms with Gasteiger partial charge in [-0.25, -0.2) is 0 Å². The van der Waals surface area contributed by atoms with Crippen molar-refractivity contribution < 1.29 is 4.80 Å². The molecule has 1 aliphatic rings. The van der Waals surface area contributed by atoms with E-state index in [-0.39, 0.29) is 0 Å². The zero-order valence-corrected chi connectivity index (χ0v) is 9.21. The highest BCUT2D eigenvalue weighted by atomic mass is 28.4. The van der Waals surface area contributed by atoms with E-state index in [1.54, 1.807) is 0 Å². The SMILES string of the molecule is C[Si](C)(O)CCC1CC=CCC1. The fraction of sp³-hybridized carbons (Fsp3) is 0.800. The van der Waals surface area contributed by atoms with Gasteiger partial charge in [0.05, 0.1) is 0 Å². The second-order valence-electron chi connectivity index (χ2n) is 4.50. The summed E-state index contributed by atoms with van der Waals surface area (Å²) in [5.41, 5.74) is 0. The van der Waals surface area contributed by atoms with Gasteiger partial charge in [0.2, 0.25) is 0 Å². The van der Waals surface area contributed by atoms with Gasteiger partial charge in [-0.1, -0.05) is 18.6 Å². The Balaban J connectivity index is 2.19. The molecule has 2 heteroatoms. The third-order valence-electron chi connectivity index (χ3n) is 2.54. The highest BCUT2D eigenvalue weighted by Crippen LogP contribution is 2.25. The summed E-state index contributed by atoms with van der Waals surface area (Å²) in [5.74, 6) is 0.855. The van der Waals surface area contributed by atoms with Crippen molar-refractivity contribution >= 4 is 8.32 Å². The minimum atomic E-state index is -1.77. The molecule has 1 N–H and O–H groups in total. The standard InChI is InChI=1S/C10H20OSi/c1-12(2,11)9-8-10-6-4-3-5-7-10/h3-4,10-11H,5-9H2,1-2H3. The van der Waals surface area contributed by atoms with E-state index in [0.717, 1.165) is 12.0 Å². The average molecular weight is 184 g/mol. The van der Waals surface area contributed by atoms with Crippen LogP contribution in [0.25, 0.3) is 0 Å². The summed E-state index contributed by atoms with van der Waals surface area (Å²) >= 11 is 0. The van der Waals surface area contributed by atoms with Crippen LogP contribution in [-0.4, -0.2) is 13.1 Å². The Hall–Kier alpha value is -0.0831. The highest BCUT2D eigenvalue weighted by molar-refractivity contribution is 6.69. The molecule has 0 aromatic heterocycles. The van der Waals surface area contributed by atoms with E-state index in [2.05, 4.69) is 12.2 Å². The molecule has 12 heavy (non-hydrogen) atoms. The third-order valence-corrected chi connectivity index (χ3v) is 4.05. The van der Waals surface area contributed by atoms with Gasteiger partial charge in [-0.2, -0.15) is 0 Å². The van der Waals surface area contributed by atoms with Gasteiger partial charge in [0.25, 0.3) is 0 Å². The quantitative estimate of drug-likeness (QED) is 0.528. The molecule has 1 atom stereocenters. The minimum absolute atomic E-state index is 0.855. The molecule has 0 fully saturated rings. The molecule has 0 saturated heterocycles. The van der Waals surface area contributed by atoms with Crippen LogP contribution in [-0.2, 0) is 0 Å². The molecule has 0 radical (unpaired) electrons. The van der Waals surface area contributed by atoms with E-state index in [4.69, 9.17) is 0 Å². The van der Waals surface area contributed by atoms with Crippen molar-refractivity contribution in [3.05, 3.63) is 12.2 Å². The van der Waals surface area contributed by atoms with E-state index in [1.165, 1.54) is 25.7 Å². The molecule has 0 aromatic rings. The maximum atomic E-state index is 9.67. The summed E-state index contributed by atoms with van der Waals surface area (Å²) in [6.07, 6.45) is 9.63. The number of rotatable bonds is 3. The molecule has 0 aliphatic heterocycles. The molecule has 0 bridgehead atoms. The van der Waals surface area contributed by atoms with Crippen molar-refractivity contribution in [1.29, 1.82) is 0 Å². The number of hydrogen-bond donors (Lipinski definition) is 1.